The first-order chi connectivity index (χ1) is 9.24. The van der Waals surface area contributed by atoms with Crippen LogP contribution in [0.3, 0.4) is 0 Å². The summed E-state index contributed by atoms with van der Waals surface area (Å²) in [7, 11) is 0. The van der Waals surface area contributed by atoms with Crippen molar-refractivity contribution >= 4 is 11.4 Å². The summed E-state index contributed by atoms with van der Waals surface area (Å²) in [6, 6.07) is 17.3. The number of rotatable bonds is 5. The molecule has 0 saturated carbocycles. The molecule has 100 valence electrons. The van der Waals surface area contributed by atoms with Gasteiger partial charge in [-0.05, 0) is 56.6 Å². The lowest BCUT2D eigenvalue weighted by Crippen LogP contribution is -2.15. The van der Waals surface area contributed by atoms with Crippen LogP contribution in [-0.4, -0.2) is 13.1 Å². The number of anilines is 2. The fraction of sp³-hybridized carbons (Fsp3) is 0.294. The van der Waals surface area contributed by atoms with Crippen molar-refractivity contribution in [2.24, 2.45) is 5.73 Å². The second kappa shape index (κ2) is 6.39. The Morgan fingerprint density at radius 3 is 1.89 bits per heavy atom. The van der Waals surface area contributed by atoms with E-state index >= 15 is 0 Å². The predicted molar refractivity (Wildman–Crippen MR) is 83.1 cm³/mol. The molecule has 0 aromatic heterocycles. The van der Waals surface area contributed by atoms with E-state index < -0.39 is 0 Å². The van der Waals surface area contributed by atoms with Gasteiger partial charge in [-0.2, -0.15) is 0 Å². The van der Waals surface area contributed by atoms with Crippen molar-refractivity contribution < 1.29 is 0 Å². The van der Waals surface area contributed by atoms with Crippen LogP contribution in [0.1, 0.15) is 18.1 Å². The summed E-state index contributed by atoms with van der Waals surface area (Å²) in [6.07, 6.45) is 0.941. The van der Waals surface area contributed by atoms with Gasteiger partial charge in [0.1, 0.15) is 0 Å². The van der Waals surface area contributed by atoms with Gasteiger partial charge in [0.2, 0.25) is 0 Å². The molecule has 0 atom stereocenters. The van der Waals surface area contributed by atoms with E-state index in [2.05, 4.69) is 67.3 Å². The summed E-state index contributed by atoms with van der Waals surface area (Å²) >= 11 is 0. The molecule has 2 rings (SSSR count). The van der Waals surface area contributed by atoms with E-state index in [1.807, 2.05) is 0 Å². The Balaban J connectivity index is 2.23. The predicted octanol–water partition coefficient (Wildman–Crippen LogP) is 3.65. The van der Waals surface area contributed by atoms with Gasteiger partial charge in [-0.1, -0.05) is 29.8 Å². The summed E-state index contributed by atoms with van der Waals surface area (Å²) in [5.74, 6) is 0. The lowest BCUT2D eigenvalue weighted by atomic mass is 10.1. The minimum Gasteiger partial charge on any atom is -0.342 e. The molecule has 0 spiro atoms. The van der Waals surface area contributed by atoms with E-state index in [0.717, 1.165) is 13.0 Å². The van der Waals surface area contributed by atoms with Crippen LogP contribution in [0.25, 0.3) is 0 Å². The zero-order valence-corrected chi connectivity index (χ0v) is 11.8. The first-order valence-corrected chi connectivity index (χ1v) is 6.88. The third-order valence-electron chi connectivity index (χ3n) is 3.34. The SMILES string of the molecule is CCN(c1ccc(C)cc1)c1ccc(CCN)cc1. The Labute approximate surface area is 115 Å². The summed E-state index contributed by atoms with van der Waals surface area (Å²) < 4.78 is 0. The minimum atomic E-state index is 0.703. The van der Waals surface area contributed by atoms with E-state index in [-0.39, 0.29) is 0 Å². The van der Waals surface area contributed by atoms with Crippen LogP contribution in [0.5, 0.6) is 0 Å². The third kappa shape index (κ3) is 3.36. The lowest BCUT2D eigenvalue weighted by Gasteiger charge is -2.23. The maximum Gasteiger partial charge on any atom is 0.0410 e. The largest absolute Gasteiger partial charge is 0.342 e. The molecule has 0 radical (unpaired) electrons. The van der Waals surface area contributed by atoms with Crippen molar-refractivity contribution in [3.8, 4) is 0 Å². The smallest absolute Gasteiger partial charge is 0.0410 e. The van der Waals surface area contributed by atoms with Gasteiger partial charge in [-0.15, -0.1) is 0 Å². The molecule has 0 aliphatic heterocycles. The number of hydrogen-bond acceptors (Lipinski definition) is 2. The Kier molecular flexibility index (Phi) is 4.58. The van der Waals surface area contributed by atoms with Gasteiger partial charge in [0.15, 0.2) is 0 Å². The van der Waals surface area contributed by atoms with Crippen LogP contribution in [0.15, 0.2) is 48.5 Å². The van der Waals surface area contributed by atoms with Gasteiger partial charge < -0.3 is 10.6 Å². The van der Waals surface area contributed by atoms with E-state index in [4.69, 9.17) is 5.73 Å². The molecule has 19 heavy (non-hydrogen) atoms. The van der Waals surface area contributed by atoms with Crippen LogP contribution in [0.2, 0.25) is 0 Å². The zero-order valence-electron chi connectivity index (χ0n) is 11.8. The minimum absolute atomic E-state index is 0.703. The van der Waals surface area contributed by atoms with Gasteiger partial charge in [0.25, 0.3) is 0 Å². The summed E-state index contributed by atoms with van der Waals surface area (Å²) in [5, 5.41) is 0. The van der Waals surface area contributed by atoms with E-state index in [1.54, 1.807) is 0 Å². The molecule has 0 fully saturated rings. The van der Waals surface area contributed by atoms with Crippen molar-refractivity contribution in [2.75, 3.05) is 18.0 Å². The molecule has 0 unspecified atom stereocenters. The highest BCUT2D eigenvalue weighted by Crippen LogP contribution is 2.25. The van der Waals surface area contributed by atoms with Gasteiger partial charge in [-0.25, -0.2) is 0 Å². The van der Waals surface area contributed by atoms with Crippen molar-refractivity contribution in [3.05, 3.63) is 59.7 Å². The second-order valence-corrected chi connectivity index (χ2v) is 4.78. The number of nitrogens with two attached hydrogens (primary N) is 1. The highest BCUT2D eigenvalue weighted by Gasteiger charge is 2.06. The van der Waals surface area contributed by atoms with Crippen molar-refractivity contribution in [2.45, 2.75) is 20.3 Å². The van der Waals surface area contributed by atoms with Crippen LogP contribution in [-0.2, 0) is 6.42 Å². The fourth-order valence-corrected chi connectivity index (χ4v) is 2.25. The molecule has 2 nitrogen and oxygen atoms in total. The number of nitrogens with zero attached hydrogens (tertiary/aromatic N) is 1. The average Bonchev–Trinajstić information content (AvgIpc) is 2.44. The van der Waals surface area contributed by atoms with Gasteiger partial charge in [0.05, 0.1) is 0 Å². The summed E-state index contributed by atoms with van der Waals surface area (Å²) in [5.41, 5.74) is 10.6. The Morgan fingerprint density at radius 2 is 1.42 bits per heavy atom. The molecule has 0 heterocycles. The molecule has 2 heteroatoms. The monoisotopic (exact) mass is 254 g/mol. The molecule has 0 saturated heterocycles. The molecule has 2 N–H and O–H groups in total. The molecule has 2 aromatic carbocycles. The molecule has 2 aromatic rings. The second-order valence-electron chi connectivity index (χ2n) is 4.78. The highest BCUT2D eigenvalue weighted by atomic mass is 15.1. The number of benzene rings is 2. The van der Waals surface area contributed by atoms with Gasteiger partial charge >= 0.3 is 0 Å². The molecule has 0 aliphatic rings. The van der Waals surface area contributed by atoms with Crippen molar-refractivity contribution in [1.82, 2.24) is 0 Å². The summed E-state index contributed by atoms with van der Waals surface area (Å²) in [4.78, 5) is 2.31. The molecular weight excluding hydrogens is 232 g/mol. The zero-order chi connectivity index (χ0) is 13.7. The van der Waals surface area contributed by atoms with Crippen molar-refractivity contribution in [3.63, 3.8) is 0 Å². The first-order valence-electron chi connectivity index (χ1n) is 6.88. The van der Waals surface area contributed by atoms with Crippen LogP contribution < -0.4 is 10.6 Å². The Hall–Kier alpha value is -1.80. The first kappa shape index (κ1) is 13.6. The maximum absolute atomic E-state index is 5.58. The lowest BCUT2D eigenvalue weighted by molar-refractivity contribution is 0.965. The van der Waals surface area contributed by atoms with E-state index in [1.165, 1.54) is 22.5 Å². The van der Waals surface area contributed by atoms with Gasteiger partial charge in [0, 0.05) is 17.9 Å². The molecule has 0 bridgehead atoms. The van der Waals surface area contributed by atoms with E-state index in [0.29, 0.717) is 6.54 Å². The van der Waals surface area contributed by atoms with E-state index in [9.17, 15) is 0 Å². The third-order valence-corrected chi connectivity index (χ3v) is 3.34. The topological polar surface area (TPSA) is 29.3 Å². The summed E-state index contributed by atoms with van der Waals surface area (Å²) in [6.45, 7) is 5.95. The number of aryl methyl sites for hydroxylation is 1. The Morgan fingerprint density at radius 1 is 0.895 bits per heavy atom. The standard InChI is InChI=1S/C17H22N2/c1-3-19(16-8-4-14(2)5-9-16)17-10-6-15(7-11-17)12-13-18/h4-11H,3,12-13,18H2,1-2H3. The van der Waals surface area contributed by atoms with Crippen LogP contribution >= 0.6 is 0 Å². The average molecular weight is 254 g/mol. The molecule has 0 amide bonds. The Bertz CT molecular complexity index is 500. The van der Waals surface area contributed by atoms with Crippen molar-refractivity contribution in [1.29, 1.82) is 0 Å². The fourth-order valence-electron chi connectivity index (χ4n) is 2.25. The molecular formula is C17H22N2. The molecule has 0 aliphatic carbocycles. The highest BCUT2D eigenvalue weighted by molar-refractivity contribution is 5.63. The van der Waals surface area contributed by atoms with Crippen LogP contribution in [0.4, 0.5) is 11.4 Å². The maximum atomic E-state index is 5.58. The van der Waals surface area contributed by atoms with Gasteiger partial charge in [-0.3, -0.25) is 0 Å². The normalized spacial score (nSPS) is 10.5. The quantitative estimate of drug-likeness (QED) is 0.882. The number of hydrogen-bond donors (Lipinski definition) is 1. The van der Waals surface area contributed by atoms with Crippen LogP contribution in [0, 0.1) is 6.92 Å².